The highest BCUT2D eigenvalue weighted by Crippen LogP contribution is 2.49. The second kappa shape index (κ2) is 9.53. The van der Waals surface area contributed by atoms with Gasteiger partial charge in [-0.05, 0) is 57.3 Å². The van der Waals surface area contributed by atoms with Crippen molar-refractivity contribution in [3.05, 3.63) is 35.9 Å². The Labute approximate surface area is 204 Å². The van der Waals surface area contributed by atoms with Gasteiger partial charge < -0.3 is 18.6 Å². The van der Waals surface area contributed by atoms with Gasteiger partial charge in [-0.25, -0.2) is 4.79 Å². The van der Waals surface area contributed by atoms with Crippen LogP contribution in [0.2, 0.25) is 18.1 Å². The summed E-state index contributed by atoms with van der Waals surface area (Å²) in [6.07, 6.45) is 1.53. The summed E-state index contributed by atoms with van der Waals surface area (Å²) in [4.78, 5) is 14.4. The maximum atomic E-state index is 12.9. The lowest BCUT2D eigenvalue weighted by atomic mass is 9.75. The molecule has 1 aromatic carbocycles. The molecule has 1 N–H and O–H groups in total. The van der Waals surface area contributed by atoms with Gasteiger partial charge in [-0.2, -0.15) is 0 Å². The molecule has 3 rings (SSSR count). The number of likely N-dealkylation sites (tertiary alicyclic amines) is 1. The highest BCUT2D eigenvalue weighted by Gasteiger charge is 2.59. The Morgan fingerprint density at radius 3 is 2.33 bits per heavy atom. The van der Waals surface area contributed by atoms with Crippen molar-refractivity contribution in [2.75, 3.05) is 13.1 Å². The van der Waals surface area contributed by atoms with Crippen LogP contribution in [0.1, 0.15) is 59.9 Å². The van der Waals surface area contributed by atoms with Gasteiger partial charge in [-0.15, -0.1) is 4.72 Å². The van der Waals surface area contributed by atoms with Gasteiger partial charge in [0.05, 0.1) is 6.04 Å². The van der Waals surface area contributed by atoms with Crippen LogP contribution >= 0.6 is 0 Å². The summed E-state index contributed by atoms with van der Waals surface area (Å²) >= 11 is -1.18. The van der Waals surface area contributed by atoms with E-state index in [-0.39, 0.29) is 40.0 Å². The van der Waals surface area contributed by atoms with Gasteiger partial charge >= 0.3 is 6.09 Å². The van der Waals surface area contributed by atoms with E-state index in [2.05, 4.69) is 38.6 Å². The zero-order valence-electron chi connectivity index (χ0n) is 21.6. The molecule has 0 aromatic heterocycles. The lowest BCUT2D eigenvalue weighted by Gasteiger charge is -2.50. The zero-order valence-corrected chi connectivity index (χ0v) is 23.4. The maximum Gasteiger partial charge on any atom is 0.410 e. The van der Waals surface area contributed by atoms with Crippen molar-refractivity contribution >= 4 is 25.8 Å². The molecule has 1 amide bonds. The Bertz CT molecular complexity index is 816. The molecule has 2 aliphatic rings. The zero-order chi connectivity index (χ0) is 24.7. The van der Waals surface area contributed by atoms with Crippen LogP contribution in [0.25, 0.3) is 0 Å². The number of ether oxygens (including phenoxy) is 1. The molecule has 8 heteroatoms. The van der Waals surface area contributed by atoms with Gasteiger partial charge in [-0.3, -0.25) is 0 Å². The van der Waals surface area contributed by atoms with Gasteiger partial charge in [0.25, 0.3) is 0 Å². The minimum atomic E-state index is -1.93. The highest BCUT2D eigenvalue weighted by atomic mass is 32.2. The quantitative estimate of drug-likeness (QED) is 0.433. The first-order valence-corrected chi connectivity index (χ1v) is 16.0. The van der Waals surface area contributed by atoms with E-state index < -0.39 is 19.7 Å². The van der Waals surface area contributed by atoms with Crippen LogP contribution in [0.5, 0.6) is 0 Å². The molecule has 186 valence electrons. The summed E-state index contributed by atoms with van der Waals surface area (Å²) in [6, 6.07) is 9.77. The molecule has 1 heterocycles. The Kier molecular flexibility index (Phi) is 7.66. The normalized spacial score (nSPS) is 24.0. The number of nitrogens with zero attached hydrogens (tertiary/aromatic N) is 1. The monoisotopic (exact) mass is 494 g/mol. The van der Waals surface area contributed by atoms with Gasteiger partial charge in [0.15, 0.2) is 8.32 Å². The molecule has 1 saturated heterocycles. The highest BCUT2D eigenvalue weighted by molar-refractivity contribution is 7.90. The third-order valence-corrected chi connectivity index (χ3v) is 13.6. The second-order valence-corrected chi connectivity index (χ2v) is 19.0. The second-order valence-electron chi connectivity index (χ2n) is 12.3. The molecular weight excluding hydrogens is 452 g/mol. The number of carbonyl (C=O) groups excluding carboxylic acids is 1. The first-order chi connectivity index (χ1) is 15.1. The fourth-order valence-corrected chi connectivity index (χ4v) is 6.68. The summed E-state index contributed by atoms with van der Waals surface area (Å²) < 4.78 is 28.3. The van der Waals surface area contributed by atoms with E-state index >= 15 is 0 Å². The van der Waals surface area contributed by atoms with Crippen LogP contribution < -0.4 is 4.72 Å². The molecule has 6 nitrogen and oxygen atoms in total. The van der Waals surface area contributed by atoms with Crippen LogP contribution in [0.15, 0.2) is 30.3 Å². The molecule has 1 unspecified atom stereocenters. The summed E-state index contributed by atoms with van der Waals surface area (Å²) in [5.41, 5.74) is 0.851. The topological polar surface area (TPSA) is 73.9 Å². The molecule has 1 aromatic rings. The van der Waals surface area contributed by atoms with Crippen molar-refractivity contribution in [1.29, 1.82) is 0 Å². The van der Waals surface area contributed by atoms with Crippen LogP contribution in [-0.4, -0.2) is 53.8 Å². The molecule has 0 bridgehead atoms. The smallest absolute Gasteiger partial charge is 0.410 e. The summed E-state index contributed by atoms with van der Waals surface area (Å²) in [5, 5.41) is 0.132. The van der Waals surface area contributed by atoms with Crippen molar-refractivity contribution in [1.82, 2.24) is 9.62 Å². The van der Waals surface area contributed by atoms with Crippen LogP contribution in [0.3, 0.4) is 0 Å². The first kappa shape index (κ1) is 26.5. The lowest BCUT2D eigenvalue weighted by Crippen LogP contribution is -2.65. The third-order valence-electron chi connectivity index (χ3n) is 7.42. The fourth-order valence-electron chi connectivity index (χ4n) is 4.36. The number of hydrogen-bond donors (Lipinski definition) is 1. The molecule has 33 heavy (non-hydrogen) atoms. The Hall–Kier alpha value is -1.06. The molecule has 1 aliphatic carbocycles. The molecule has 1 aliphatic heterocycles. The predicted molar refractivity (Wildman–Crippen MR) is 137 cm³/mol. The average Bonchev–Trinajstić information content (AvgIpc) is 3.01. The fraction of sp³-hybridized carbons (Fsp3) is 0.720. The van der Waals surface area contributed by atoms with E-state index in [4.69, 9.17) is 9.16 Å². The number of hydrogen-bond acceptors (Lipinski definition) is 5. The number of nitrogens with one attached hydrogen (secondary N) is 1. The van der Waals surface area contributed by atoms with E-state index in [0.29, 0.717) is 13.1 Å². The van der Waals surface area contributed by atoms with Crippen molar-refractivity contribution < 1.29 is 18.5 Å². The van der Waals surface area contributed by atoms with Crippen molar-refractivity contribution in [2.45, 2.75) is 96.0 Å². The average molecular weight is 495 g/mol. The van der Waals surface area contributed by atoms with E-state index in [9.17, 15) is 9.35 Å². The standard InChI is InChI=1S/C25H42N2O4SSi/c1-23(2,3)32(29)26-21-14-20(31-33(7,8)24(4,5)6)15-25(21)17-27(18-25)22(28)30-16-19-12-10-9-11-13-19/h9-13,20-21,26H,14-18H2,1-8H3/t20-,21+,32?/m0/s1. The Morgan fingerprint density at radius 2 is 1.79 bits per heavy atom. The number of carbonyl (C=O) groups is 1. The van der Waals surface area contributed by atoms with Crippen molar-refractivity contribution in [3.63, 3.8) is 0 Å². The largest absolute Gasteiger partial charge is 0.598 e. The van der Waals surface area contributed by atoms with Gasteiger partial charge in [0.1, 0.15) is 11.4 Å². The summed E-state index contributed by atoms with van der Waals surface area (Å²) in [6.45, 7) is 18.8. The van der Waals surface area contributed by atoms with Crippen LogP contribution in [0, 0.1) is 5.41 Å². The van der Waals surface area contributed by atoms with E-state index in [0.717, 1.165) is 18.4 Å². The molecule has 3 atom stereocenters. The third kappa shape index (κ3) is 6.14. The lowest BCUT2D eigenvalue weighted by molar-refractivity contribution is -0.0181. The van der Waals surface area contributed by atoms with Crippen molar-refractivity contribution in [2.24, 2.45) is 5.41 Å². The SMILES string of the molecule is CC(C)(C)[S+]([O-])N[C@@H]1C[C@H](O[Si](C)(C)C(C)(C)C)CC12CN(C(=O)OCc1ccccc1)C2. The first-order valence-electron chi connectivity index (χ1n) is 11.9. The van der Waals surface area contributed by atoms with Gasteiger partial charge in [0.2, 0.25) is 0 Å². The Balaban J connectivity index is 1.66. The summed E-state index contributed by atoms with van der Waals surface area (Å²) in [7, 11) is -1.93. The molecule has 2 fully saturated rings. The van der Waals surface area contributed by atoms with Crippen LogP contribution in [0.4, 0.5) is 4.79 Å². The summed E-state index contributed by atoms with van der Waals surface area (Å²) in [5.74, 6) is 0. The van der Waals surface area contributed by atoms with Gasteiger partial charge in [-0.1, -0.05) is 51.1 Å². The molecule has 1 saturated carbocycles. The predicted octanol–water partition coefficient (Wildman–Crippen LogP) is 5.23. The number of benzene rings is 1. The molecular formula is C25H42N2O4SSi. The van der Waals surface area contributed by atoms with Gasteiger partial charge in [0, 0.05) is 36.0 Å². The Morgan fingerprint density at radius 1 is 1.18 bits per heavy atom. The minimum Gasteiger partial charge on any atom is -0.598 e. The van der Waals surface area contributed by atoms with Crippen molar-refractivity contribution in [3.8, 4) is 0 Å². The van der Waals surface area contributed by atoms with E-state index in [1.165, 1.54) is 0 Å². The van der Waals surface area contributed by atoms with Crippen LogP contribution in [-0.2, 0) is 27.1 Å². The maximum absolute atomic E-state index is 12.9. The number of amides is 1. The van der Waals surface area contributed by atoms with E-state index in [1.807, 2.05) is 51.1 Å². The minimum absolute atomic E-state index is 0.0468. The van der Waals surface area contributed by atoms with E-state index in [1.54, 1.807) is 4.90 Å². The molecule has 0 radical (unpaired) electrons. The number of rotatable bonds is 6. The molecule has 1 spiro atoms.